The minimum Gasteiger partial charge on any atom is -0.323 e. The summed E-state index contributed by atoms with van der Waals surface area (Å²) in [5.74, 6) is 0.495. The smallest absolute Gasteiger partial charge is 0.323 e. The zero-order chi connectivity index (χ0) is 15.9. The van der Waals surface area contributed by atoms with Gasteiger partial charge in [0.1, 0.15) is 5.54 Å². The van der Waals surface area contributed by atoms with Gasteiger partial charge in [-0.05, 0) is 49.3 Å². The van der Waals surface area contributed by atoms with Crippen molar-refractivity contribution in [3.8, 4) is 0 Å². The third-order valence-electron chi connectivity index (χ3n) is 4.70. The number of imide groups is 1. The summed E-state index contributed by atoms with van der Waals surface area (Å²) in [6, 6.07) is 4.84. The van der Waals surface area contributed by atoms with E-state index in [1.807, 2.05) is 0 Å². The van der Waals surface area contributed by atoms with Crippen LogP contribution in [0.25, 0.3) is 0 Å². The molecular weight excluding hydrogens is 323 g/mol. The van der Waals surface area contributed by atoms with Gasteiger partial charge in [0.25, 0.3) is 5.91 Å². The van der Waals surface area contributed by atoms with Crippen LogP contribution in [0.1, 0.15) is 38.2 Å². The number of rotatable bonds is 2. The van der Waals surface area contributed by atoms with E-state index in [0.29, 0.717) is 16.0 Å². The molecular formula is C16H18Cl2N2O2. The molecule has 2 fully saturated rings. The van der Waals surface area contributed by atoms with Gasteiger partial charge in [0.15, 0.2) is 0 Å². The Bertz CT molecular complexity index is 625. The second kappa shape index (κ2) is 5.74. The maximum absolute atomic E-state index is 12.7. The SMILES string of the molecule is CC1CCC2(CC1)NC(=O)N(Cc1ccc(Cl)c(Cl)c1)C2=O. The lowest BCUT2D eigenvalue weighted by Gasteiger charge is -2.33. The van der Waals surface area contributed by atoms with Crippen LogP contribution in [0, 0.1) is 5.92 Å². The van der Waals surface area contributed by atoms with Crippen LogP contribution in [0.4, 0.5) is 4.79 Å². The van der Waals surface area contributed by atoms with Crippen LogP contribution in [-0.2, 0) is 11.3 Å². The average Bonchev–Trinajstić information content (AvgIpc) is 2.71. The highest BCUT2D eigenvalue weighted by molar-refractivity contribution is 6.42. The number of nitrogens with one attached hydrogen (secondary N) is 1. The number of carbonyl (C=O) groups excluding carboxylic acids is 2. The highest BCUT2D eigenvalue weighted by Gasteiger charge is 2.51. The zero-order valence-electron chi connectivity index (χ0n) is 12.4. The van der Waals surface area contributed by atoms with Crippen molar-refractivity contribution in [1.29, 1.82) is 0 Å². The van der Waals surface area contributed by atoms with Crippen molar-refractivity contribution in [2.45, 2.75) is 44.7 Å². The van der Waals surface area contributed by atoms with Crippen molar-refractivity contribution >= 4 is 35.1 Å². The second-order valence-electron chi connectivity index (χ2n) is 6.33. The molecule has 3 amide bonds. The largest absolute Gasteiger partial charge is 0.325 e. The van der Waals surface area contributed by atoms with Gasteiger partial charge in [-0.25, -0.2) is 4.79 Å². The molecule has 3 rings (SSSR count). The predicted octanol–water partition coefficient (Wildman–Crippen LogP) is 3.99. The molecule has 1 aromatic rings. The Morgan fingerprint density at radius 2 is 1.91 bits per heavy atom. The first kappa shape index (κ1) is 15.6. The van der Waals surface area contributed by atoms with Gasteiger partial charge in [-0.15, -0.1) is 0 Å². The molecule has 6 heteroatoms. The van der Waals surface area contributed by atoms with Crippen molar-refractivity contribution in [2.75, 3.05) is 0 Å². The van der Waals surface area contributed by atoms with Crippen molar-refractivity contribution in [1.82, 2.24) is 10.2 Å². The van der Waals surface area contributed by atoms with E-state index in [0.717, 1.165) is 31.2 Å². The summed E-state index contributed by atoms with van der Waals surface area (Å²) in [5.41, 5.74) is 0.0962. The van der Waals surface area contributed by atoms with E-state index in [9.17, 15) is 9.59 Å². The van der Waals surface area contributed by atoms with E-state index in [4.69, 9.17) is 23.2 Å². The Labute approximate surface area is 139 Å². The number of carbonyl (C=O) groups is 2. The number of benzene rings is 1. The normalized spacial score (nSPS) is 28.3. The van der Waals surface area contributed by atoms with E-state index in [-0.39, 0.29) is 18.5 Å². The minimum atomic E-state index is -0.695. The molecule has 0 unspecified atom stereocenters. The van der Waals surface area contributed by atoms with Crippen LogP contribution in [-0.4, -0.2) is 22.4 Å². The number of hydrogen-bond acceptors (Lipinski definition) is 2. The summed E-state index contributed by atoms with van der Waals surface area (Å²) in [6.07, 6.45) is 3.37. The second-order valence-corrected chi connectivity index (χ2v) is 7.15. The van der Waals surface area contributed by atoms with Crippen LogP contribution in [0.15, 0.2) is 18.2 Å². The van der Waals surface area contributed by atoms with Gasteiger partial charge in [-0.2, -0.15) is 0 Å². The highest BCUT2D eigenvalue weighted by Crippen LogP contribution is 2.37. The maximum Gasteiger partial charge on any atom is 0.325 e. The molecule has 1 saturated carbocycles. The van der Waals surface area contributed by atoms with Crippen LogP contribution in [0.3, 0.4) is 0 Å². The summed E-state index contributed by atoms with van der Waals surface area (Å²) in [6.45, 7) is 2.40. The number of amides is 3. The average molecular weight is 341 g/mol. The topological polar surface area (TPSA) is 49.4 Å². The van der Waals surface area contributed by atoms with Crippen molar-refractivity contribution < 1.29 is 9.59 Å². The fraction of sp³-hybridized carbons (Fsp3) is 0.500. The molecule has 1 saturated heterocycles. The zero-order valence-corrected chi connectivity index (χ0v) is 13.9. The molecule has 2 aliphatic rings. The Morgan fingerprint density at radius 3 is 2.55 bits per heavy atom. The van der Waals surface area contributed by atoms with E-state index in [1.54, 1.807) is 18.2 Å². The fourth-order valence-corrected chi connectivity index (χ4v) is 3.55. The molecule has 0 radical (unpaired) electrons. The summed E-state index contributed by atoms with van der Waals surface area (Å²) in [7, 11) is 0. The molecule has 22 heavy (non-hydrogen) atoms. The standard InChI is InChI=1S/C16H18Cl2N2O2/c1-10-4-6-16(7-5-10)14(21)20(15(22)19-16)9-11-2-3-12(17)13(18)8-11/h2-3,8,10H,4-7,9H2,1H3,(H,19,22). The van der Waals surface area contributed by atoms with Crippen molar-refractivity contribution in [3.05, 3.63) is 33.8 Å². The predicted molar refractivity (Wildman–Crippen MR) is 85.9 cm³/mol. The minimum absolute atomic E-state index is 0.115. The summed E-state index contributed by atoms with van der Waals surface area (Å²) in [5, 5.41) is 3.80. The van der Waals surface area contributed by atoms with Gasteiger partial charge in [0.05, 0.1) is 16.6 Å². The molecule has 4 nitrogen and oxygen atoms in total. The third kappa shape index (κ3) is 2.70. The Kier molecular flexibility index (Phi) is 4.08. The third-order valence-corrected chi connectivity index (χ3v) is 5.44. The number of hydrogen-bond donors (Lipinski definition) is 1. The number of nitrogens with zero attached hydrogens (tertiary/aromatic N) is 1. The Balaban J connectivity index is 1.78. The highest BCUT2D eigenvalue weighted by atomic mass is 35.5. The van der Waals surface area contributed by atoms with Crippen LogP contribution in [0.5, 0.6) is 0 Å². The molecule has 1 N–H and O–H groups in total. The molecule has 1 aliphatic carbocycles. The Hall–Kier alpha value is -1.26. The quantitative estimate of drug-likeness (QED) is 0.827. The Morgan fingerprint density at radius 1 is 1.23 bits per heavy atom. The molecule has 1 aromatic carbocycles. The van der Waals surface area contributed by atoms with Gasteiger partial charge in [-0.1, -0.05) is 36.2 Å². The van der Waals surface area contributed by atoms with Gasteiger partial charge in [0, 0.05) is 0 Å². The lowest BCUT2D eigenvalue weighted by atomic mass is 9.77. The van der Waals surface area contributed by atoms with E-state index >= 15 is 0 Å². The summed E-state index contributed by atoms with van der Waals surface area (Å²) >= 11 is 11.9. The lowest BCUT2D eigenvalue weighted by molar-refractivity contribution is -0.133. The molecule has 1 aliphatic heterocycles. The first-order valence-electron chi connectivity index (χ1n) is 7.49. The molecule has 1 spiro atoms. The van der Waals surface area contributed by atoms with Crippen LogP contribution >= 0.6 is 23.2 Å². The van der Waals surface area contributed by atoms with Crippen molar-refractivity contribution in [3.63, 3.8) is 0 Å². The number of halogens is 2. The van der Waals surface area contributed by atoms with Gasteiger partial charge in [0.2, 0.25) is 0 Å². The van der Waals surface area contributed by atoms with Crippen LogP contribution < -0.4 is 5.32 Å². The summed E-state index contributed by atoms with van der Waals surface area (Å²) < 4.78 is 0. The molecule has 0 bridgehead atoms. The van der Waals surface area contributed by atoms with Gasteiger partial charge < -0.3 is 5.32 Å². The van der Waals surface area contributed by atoms with Gasteiger partial charge in [-0.3, -0.25) is 9.69 Å². The summed E-state index contributed by atoms with van der Waals surface area (Å²) in [4.78, 5) is 26.3. The van der Waals surface area contributed by atoms with Crippen molar-refractivity contribution in [2.24, 2.45) is 5.92 Å². The first-order valence-corrected chi connectivity index (χ1v) is 8.25. The molecule has 0 aromatic heterocycles. The van der Waals surface area contributed by atoms with E-state index in [1.165, 1.54) is 4.90 Å². The van der Waals surface area contributed by atoms with E-state index < -0.39 is 5.54 Å². The maximum atomic E-state index is 12.7. The number of urea groups is 1. The fourth-order valence-electron chi connectivity index (χ4n) is 3.23. The van der Waals surface area contributed by atoms with Crippen LogP contribution in [0.2, 0.25) is 10.0 Å². The van der Waals surface area contributed by atoms with E-state index in [2.05, 4.69) is 12.2 Å². The molecule has 118 valence electrons. The first-order chi connectivity index (χ1) is 10.4. The monoisotopic (exact) mass is 340 g/mol. The lowest BCUT2D eigenvalue weighted by Crippen LogP contribution is -2.49. The molecule has 0 atom stereocenters. The van der Waals surface area contributed by atoms with Gasteiger partial charge >= 0.3 is 6.03 Å². The molecule has 1 heterocycles.